The number of aryl methyl sites for hydroxylation is 1. The Labute approximate surface area is 133 Å². The summed E-state index contributed by atoms with van der Waals surface area (Å²) in [5.41, 5.74) is 3.20. The highest BCUT2D eigenvalue weighted by Crippen LogP contribution is 2.30. The summed E-state index contributed by atoms with van der Waals surface area (Å²) < 4.78 is 6.30. The van der Waals surface area contributed by atoms with Gasteiger partial charge in [-0.3, -0.25) is 4.79 Å². The molecule has 0 saturated carbocycles. The van der Waals surface area contributed by atoms with Gasteiger partial charge in [0.1, 0.15) is 5.75 Å². The van der Waals surface area contributed by atoms with Crippen LogP contribution in [-0.2, 0) is 12.8 Å². The largest absolute Gasteiger partial charge is 0.497 e. The second kappa shape index (κ2) is 6.02. The molecule has 0 fully saturated rings. The van der Waals surface area contributed by atoms with Crippen LogP contribution in [0.4, 0.5) is 0 Å². The molecule has 0 amide bonds. The molecule has 0 spiro atoms. The van der Waals surface area contributed by atoms with Gasteiger partial charge in [0.2, 0.25) is 0 Å². The number of rotatable bonds is 3. The minimum atomic E-state index is 0.0899. The number of ketones is 1. The van der Waals surface area contributed by atoms with Crippen LogP contribution in [0.3, 0.4) is 0 Å². The number of carbonyl (C=O) groups is 1. The van der Waals surface area contributed by atoms with Crippen molar-refractivity contribution < 1.29 is 9.53 Å². The van der Waals surface area contributed by atoms with Gasteiger partial charge in [-0.05, 0) is 60.7 Å². The first-order valence-corrected chi connectivity index (χ1v) is 7.92. The molecule has 3 heteroatoms. The van der Waals surface area contributed by atoms with Crippen molar-refractivity contribution in [1.82, 2.24) is 0 Å². The molecule has 3 rings (SSSR count). The van der Waals surface area contributed by atoms with Crippen molar-refractivity contribution in [2.24, 2.45) is 5.92 Å². The molecule has 0 unspecified atom stereocenters. The van der Waals surface area contributed by atoms with Gasteiger partial charge in [-0.25, -0.2) is 0 Å². The Kier molecular flexibility index (Phi) is 4.11. The lowest BCUT2D eigenvalue weighted by Crippen LogP contribution is -2.24. The van der Waals surface area contributed by atoms with Crippen molar-refractivity contribution in [3.63, 3.8) is 0 Å². The average molecular weight is 345 g/mol. The quantitative estimate of drug-likeness (QED) is 0.822. The third-order valence-electron chi connectivity index (χ3n) is 4.11. The van der Waals surface area contributed by atoms with Crippen LogP contribution in [-0.4, -0.2) is 12.9 Å². The van der Waals surface area contributed by atoms with Crippen molar-refractivity contribution in [3.05, 3.63) is 63.6 Å². The van der Waals surface area contributed by atoms with Crippen molar-refractivity contribution in [3.8, 4) is 5.75 Å². The zero-order valence-corrected chi connectivity index (χ0v) is 13.5. The molecule has 2 nitrogen and oxygen atoms in total. The molecule has 0 saturated heterocycles. The smallest absolute Gasteiger partial charge is 0.166 e. The molecule has 2 aromatic rings. The average Bonchev–Trinajstić information content (AvgIpc) is 2.52. The molecule has 0 aromatic heterocycles. The lowest BCUT2D eigenvalue weighted by Gasteiger charge is -2.23. The molecular weight excluding hydrogens is 328 g/mol. The lowest BCUT2D eigenvalue weighted by atomic mass is 9.80. The Morgan fingerprint density at radius 1 is 1.19 bits per heavy atom. The lowest BCUT2D eigenvalue weighted by molar-refractivity contribution is 0.0901. The van der Waals surface area contributed by atoms with Crippen molar-refractivity contribution in [1.29, 1.82) is 0 Å². The predicted octanol–water partition coefficient (Wildman–Crippen LogP) is 4.45. The summed E-state index contributed by atoms with van der Waals surface area (Å²) in [6, 6.07) is 14.0. The van der Waals surface area contributed by atoms with E-state index in [1.54, 1.807) is 7.11 Å². The number of hydrogen-bond acceptors (Lipinski definition) is 2. The third-order valence-corrected chi connectivity index (χ3v) is 4.63. The first-order chi connectivity index (χ1) is 10.2. The zero-order valence-electron chi connectivity index (χ0n) is 11.9. The topological polar surface area (TPSA) is 26.3 Å². The number of methoxy groups -OCH3 is 1. The molecule has 1 aliphatic rings. The van der Waals surface area contributed by atoms with E-state index >= 15 is 0 Å². The number of Topliss-reactive ketones (excluding diaryl/α,β-unsaturated/α-hetero) is 1. The van der Waals surface area contributed by atoms with Crippen LogP contribution < -0.4 is 4.74 Å². The van der Waals surface area contributed by atoms with E-state index < -0.39 is 0 Å². The Bertz CT molecular complexity index is 661. The second-order valence-electron chi connectivity index (χ2n) is 5.45. The first kappa shape index (κ1) is 14.3. The van der Waals surface area contributed by atoms with Crippen LogP contribution in [0.15, 0.2) is 46.9 Å². The van der Waals surface area contributed by atoms with Crippen molar-refractivity contribution in [2.75, 3.05) is 7.11 Å². The summed E-state index contributed by atoms with van der Waals surface area (Å²) in [7, 11) is 1.66. The summed E-state index contributed by atoms with van der Waals surface area (Å²) in [4.78, 5) is 12.6. The van der Waals surface area contributed by atoms with E-state index in [1.807, 2.05) is 30.3 Å². The van der Waals surface area contributed by atoms with E-state index in [-0.39, 0.29) is 11.7 Å². The summed E-state index contributed by atoms with van der Waals surface area (Å²) in [6.45, 7) is 0. The molecule has 0 aliphatic heterocycles. The highest BCUT2D eigenvalue weighted by atomic mass is 79.9. The number of ether oxygens (including phenoxy) is 1. The van der Waals surface area contributed by atoms with Gasteiger partial charge in [0.05, 0.1) is 7.11 Å². The van der Waals surface area contributed by atoms with E-state index in [2.05, 4.69) is 28.1 Å². The molecule has 0 radical (unpaired) electrons. The first-order valence-electron chi connectivity index (χ1n) is 7.13. The van der Waals surface area contributed by atoms with Crippen molar-refractivity contribution in [2.45, 2.75) is 19.3 Å². The van der Waals surface area contributed by atoms with E-state index in [9.17, 15) is 4.79 Å². The number of benzene rings is 2. The van der Waals surface area contributed by atoms with Gasteiger partial charge < -0.3 is 4.74 Å². The molecule has 0 N–H and O–H groups in total. The highest BCUT2D eigenvalue weighted by molar-refractivity contribution is 9.10. The maximum atomic E-state index is 12.6. The summed E-state index contributed by atoms with van der Waals surface area (Å²) in [5, 5.41) is 0. The van der Waals surface area contributed by atoms with Crippen LogP contribution in [0.5, 0.6) is 5.75 Å². The van der Waals surface area contributed by atoms with Gasteiger partial charge in [-0.2, -0.15) is 0 Å². The monoisotopic (exact) mass is 344 g/mol. The standard InChI is InChI=1S/C18H17BrO2/c1-21-16-8-9-17-13(11-16)4-5-14(18(17)20)10-12-2-6-15(19)7-3-12/h2-3,6-9,11,14H,4-5,10H2,1H3/t14-/m0/s1. The fourth-order valence-electron chi connectivity index (χ4n) is 2.92. The summed E-state index contributed by atoms with van der Waals surface area (Å²) in [5.74, 6) is 1.18. The highest BCUT2D eigenvalue weighted by Gasteiger charge is 2.27. The molecule has 2 aromatic carbocycles. The van der Waals surface area contributed by atoms with E-state index in [1.165, 1.54) is 5.56 Å². The third kappa shape index (κ3) is 3.03. The van der Waals surface area contributed by atoms with E-state index in [0.717, 1.165) is 40.6 Å². The normalized spacial score (nSPS) is 17.4. The van der Waals surface area contributed by atoms with Gasteiger partial charge in [-0.15, -0.1) is 0 Å². The van der Waals surface area contributed by atoms with Crippen molar-refractivity contribution >= 4 is 21.7 Å². The number of fused-ring (bicyclic) bond motifs is 1. The van der Waals surface area contributed by atoms with Crippen LogP contribution in [0.1, 0.15) is 27.9 Å². The summed E-state index contributed by atoms with van der Waals surface area (Å²) in [6.07, 6.45) is 2.67. The van der Waals surface area contributed by atoms with Gasteiger partial charge in [-0.1, -0.05) is 28.1 Å². The fourth-order valence-corrected chi connectivity index (χ4v) is 3.19. The van der Waals surface area contributed by atoms with Crippen LogP contribution in [0.2, 0.25) is 0 Å². The number of halogens is 1. The fraction of sp³-hybridized carbons (Fsp3) is 0.278. The van der Waals surface area contributed by atoms with Crippen LogP contribution >= 0.6 is 15.9 Å². The maximum absolute atomic E-state index is 12.6. The molecule has 0 bridgehead atoms. The second-order valence-corrected chi connectivity index (χ2v) is 6.37. The zero-order chi connectivity index (χ0) is 14.8. The number of hydrogen-bond donors (Lipinski definition) is 0. The molecule has 1 atom stereocenters. The van der Waals surface area contributed by atoms with Crippen LogP contribution in [0.25, 0.3) is 0 Å². The predicted molar refractivity (Wildman–Crippen MR) is 87.0 cm³/mol. The molecular formula is C18H17BrO2. The maximum Gasteiger partial charge on any atom is 0.166 e. The molecule has 108 valence electrons. The molecule has 1 aliphatic carbocycles. The Morgan fingerprint density at radius 3 is 2.67 bits per heavy atom. The van der Waals surface area contributed by atoms with E-state index in [4.69, 9.17) is 4.74 Å². The Hall–Kier alpha value is -1.61. The molecule has 21 heavy (non-hydrogen) atoms. The Morgan fingerprint density at radius 2 is 1.95 bits per heavy atom. The SMILES string of the molecule is COc1ccc2c(c1)CC[C@@H](Cc1ccc(Br)cc1)C2=O. The Balaban J connectivity index is 1.80. The van der Waals surface area contributed by atoms with Gasteiger partial charge in [0, 0.05) is 16.0 Å². The summed E-state index contributed by atoms with van der Waals surface area (Å²) >= 11 is 3.44. The van der Waals surface area contributed by atoms with Crippen LogP contribution in [0, 0.1) is 5.92 Å². The minimum absolute atomic E-state index is 0.0899. The van der Waals surface area contributed by atoms with Gasteiger partial charge >= 0.3 is 0 Å². The number of carbonyl (C=O) groups excluding carboxylic acids is 1. The minimum Gasteiger partial charge on any atom is -0.497 e. The van der Waals surface area contributed by atoms with Gasteiger partial charge in [0.15, 0.2) is 5.78 Å². The van der Waals surface area contributed by atoms with Gasteiger partial charge in [0.25, 0.3) is 0 Å². The molecule has 0 heterocycles. The van der Waals surface area contributed by atoms with E-state index in [0.29, 0.717) is 0 Å².